The fourth-order valence-corrected chi connectivity index (χ4v) is 1.69. The number of ether oxygens (including phenoxy) is 1. The maximum Gasteiger partial charge on any atom is 0.146 e. The minimum Gasteiger partial charge on any atom is -0.485 e. The van der Waals surface area contributed by atoms with Crippen molar-refractivity contribution in [2.75, 3.05) is 0 Å². The molecule has 2 N–H and O–H groups in total. The molecule has 0 aliphatic heterocycles. The zero-order chi connectivity index (χ0) is 12.8. The van der Waals surface area contributed by atoms with E-state index in [1.807, 2.05) is 49.4 Å². The summed E-state index contributed by atoms with van der Waals surface area (Å²) >= 11 is 0. The third-order valence-electron chi connectivity index (χ3n) is 2.58. The molecule has 0 fully saturated rings. The molecule has 0 saturated heterocycles. The van der Waals surface area contributed by atoms with Gasteiger partial charge in [-0.2, -0.15) is 0 Å². The van der Waals surface area contributed by atoms with Gasteiger partial charge in [-0.15, -0.1) is 0 Å². The maximum atomic E-state index is 5.75. The zero-order valence-electron chi connectivity index (χ0n) is 10.4. The normalized spacial score (nSPS) is 11.0. The number of furan rings is 1. The van der Waals surface area contributed by atoms with Crippen LogP contribution in [0.1, 0.15) is 23.8 Å². The summed E-state index contributed by atoms with van der Waals surface area (Å²) < 4.78 is 11.1. The van der Waals surface area contributed by atoms with E-state index in [-0.39, 0.29) is 0 Å². The largest absolute Gasteiger partial charge is 0.485 e. The van der Waals surface area contributed by atoms with Crippen molar-refractivity contribution in [1.82, 2.24) is 0 Å². The Bertz CT molecular complexity index is 529. The van der Waals surface area contributed by atoms with Crippen molar-refractivity contribution in [3.05, 3.63) is 59.6 Å². The number of para-hydroxylation sites is 1. The Kier molecular flexibility index (Phi) is 4.20. The molecule has 0 radical (unpaired) electrons. The van der Waals surface area contributed by atoms with Crippen molar-refractivity contribution in [3.8, 4) is 5.75 Å². The van der Waals surface area contributed by atoms with E-state index in [0.717, 1.165) is 22.6 Å². The molecule has 0 unspecified atom stereocenters. The average Bonchev–Trinajstić information content (AvgIpc) is 2.86. The van der Waals surface area contributed by atoms with E-state index < -0.39 is 0 Å². The smallest absolute Gasteiger partial charge is 0.146 e. The van der Waals surface area contributed by atoms with Crippen LogP contribution in [0.4, 0.5) is 0 Å². The molecule has 0 spiro atoms. The van der Waals surface area contributed by atoms with Gasteiger partial charge in [-0.1, -0.05) is 30.4 Å². The lowest BCUT2D eigenvalue weighted by molar-refractivity contribution is 0.270. The second-order valence-electron chi connectivity index (χ2n) is 3.95. The summed E-state index contributed by atoms with van der Waals surface area (Å²) in [4.78, 5) is 0. The van der Waals surface area contributed by atoms with E-state index in [2.05, 4.69) is 0 Å². The van der Waals surface area contributed by atoms with Gasteiger partial charge >= 0.3 is 0 Å². The van der Waals surface area contributed by atoms with Crippen molar-refractivity contribution in [2.24, 2.45) is 5.73 Å². The van der Waals surface area contributed by atoms with Crippen LogP contribution in [0.15, 0.2) is 47.1 Å². The highest BCUT2D eigenvalue weighted by Gasteiger charge is 2.03. The Labute approximate surface area is 107 Å². The molecule has 0 aliphatic carbocycles. The van der Waals surface area contributed by atoms with Gasteiger partial charge in [-0.05, 0) is 19.1 Å². The summed E-state index contributed by atoms with van der Waals surface area (Å²) in [5, 5.41) is 0. The second kappa shape index (κ2) is 6.07. The van der Waals surface area contributed by atoms with Crippen LogP contribution in [0.25, 0.3) is 6.08 Å². The highest BCUT2D eigenvalue weighted by Crippen LogP contribution is 2.21. The van der Waals surface area contributed by atoms with Crippen LogP contribution in [0.3, 0.4) is 0 Å². The molecule has 1 aromatic carbocycles. The highest BCUT2D eigenvalue weighted by atomic mass is 16.5. The van der Waals surface area contributed by atoms with Crippen LogP contribution >= 0.6 is 0 Å². The summed E-state index contributed by atoms with van der Waals surface area (Å²) in [6, 6.07) is 9.82. The molecule has 2 aromatic rings. The molecule has 0 bridgehead atoms. The summed E-state index contributed by atoms with van der Waals surface area (Å²) in [6.45, 7) is 2.88. The van der Waals surface area contributed by atoms with Crippen molar-refractivity contribution in [3.63, 3.8) is 0 Å². The van der Waals surface area contributed by atoms with Crippen LogP contribution in [-0.4, -0.2) is 0 Å². The Morgan fingerprint density at radius 2 is 2.17 bits per heavy atom. The van der Waals surface area contributed by atoms with Gasteiger partial charge in [0.25, 0.3) is 0 Å². The minimum absolute atomic E-state index is 0.411. The van der Waals surface area contributed by atoms with Gasteiger partial charge in [0.05, 0.1) is 6.26 Å². The van der Waals surface area contributed by atoms with E-state index in [9.17, 15) is 0 Å². The molecular formula is C15H17NO2. The Hall–Kier alpha value is -2.00. The number of allylic oxidation sites excluding steroid dienone is 1. The van der Waals surface area contributed by atoms with Gasteiger partial charge < -0.3 is 14.9 Å². The van der Waals surface area contributed by atoms with Crippen LogP contribution in [-0.2, 0) is 13.2 Å². The predicted octanol–water partition coefficient (Wildman–Crippen LogP) is 3.35. The van der Waals surface area contributed by atoms with Crippen LogP contribution in [0.2, 0.25) is 0 Å². The quantitative estimate of drug-likeness (QED) is 0.876. The molecule has 18 heavy (non-hydrogen) atoms. The maximum absolute atomic E-state index is 5.75. The predicted molar refractivity (Wildman–Crippen MR) is 72.1 cm³/mol. The summed E-state index contributed by atoms with van der Waals surface area (Å²) in [5.41, 5.74) is 7.57. The third-order valence-corrected chi connectivity index (χ3v) is 2.58. The van der Waals surface area contributed by atoms with E-state index in [1.54, 1.807) is 6.26 Å². The molecule has 3 nitrogen and oxygen atoms in total. The van der Waals surface area contributed by atoms with Crippen molar-refractivity contribution in [2.45, 2.75) is 20.1 Å². The Morgan fingerprint density at radius 1 is 1.33 bits per heavy atom. The number of benzene rings is 1. The summed E-state index contributed by atoms with van der Waals surface area (Å²) in [7, 11) is 0. The van der Waals surface area contributed by atoms with Gasteiger partial charge in [-0.25, -0.2) is 0 Å². The lowest BCUT2D eigenvalue weighted by Gasteiger charge is -2.07. The first-order valence-electron chi connectivity index (χ1n) is 5.94. The summed E-state index contributed by atoms with van der Waals surface area (Å²) in [5.74, 6) is 1.63. The van der Waals surface area contributed by atoms with Crippen molar-refractivity contribution in [1.29, 1.82) is 0 Å². The Morgan fingerprint density at radius 3 is 2.89 bits per heavy atom. The van der Waals surface area contributed by atoms with E-state index in [4.69, 9.17) is 14.9 Å². The zero-order valence-corrected chi connectivity index (χ0v) is 10.4. The lowest BCUT2D eigenvalue weighted by Crippen LogP contribution is -1.96. The average molecular weight is 243 g/mol. The van der Waals surface area contributed by atoms with Crippen LogP contribution in [0.5, 0.6) is 5.75 Å². The van der Waals surface area contributed by atoms with Gasteiger partial charge in [-0.3, -0.25) is 0 Å². The van der Waals surface area contributed by atoms with Gasteiger partial charge in [0.15, 0.2) is 0 Å². The first kappa shape index (κ1) is 12.5. The van der Waals surface area contributed by atoms with E-state index in [1.165, 1.54) is 0 Å². The van der Waals surface area contributed by atoms with Crippen LogP contribution in [0, 0.1) is 0 Å². The number of hydrogen-bond acceptors (Lipinski definition) is 3. The second-order valence-corrected chi connectivity index (χ2v) is 3.95. The molecule has 1 heterocycles. The lowest BCUT2D eigenvalue weighted by atomic mass is 10.2. The molecule has 1 aromatic heterocycles. The number of rotatable bonds is 5. The molecule has 0 aliphatic rings. The van der Waals surface area contributed by atoms with Crippen molar-refractivity contribution < 1.29 is 9.15 Å². The topological polar surface area (TPSA) is 48.4 Å². The molecule has 0 saturated carbocycles. The molecule has 0 atom stereocenters. The van der Waals surface area contributed by atoms with E-state index in [0.29, 0.717) is 13.2 Å². The highest BCUT2D eigenvalue weighted by molar-refractivity contribution is 5.56. The fourth-order valence-electron chi connectivity index (χ4n) is 1.69. The van der Waals surface area contributed by atoms with Gasteiger partial charge in [0.2, 0.25) is 0 Å². The molecule has 3 heteroatoms. The molecule has 2 rings (SSSR count). The SMILES string of the molecule is CC=Cc1ccccc1OCc1cc(CN)co1. The molecule has 0 amide bonds. The first-order chi connectivity index (χ1) is 8.83. The number of nitrogens with two attached hydrogens (primary N) is 1. The van der Waals surface area contributed by atoms with Crippen LogP contribution < -0.4 is 10.5 Å². The third kappa shape index (κ3) is 3.02. The van der Waals surface area contributed by atoms with Gasteiger partial charge in [0, 0.05) is 17.7 Å². The standard InChI is InChI=1S/C15H17NO2/c1-2-5-13-6-3-4-7-15(13)18-11-14-8-12(9-16)10-17-14/h2-8,10H,9,11,16H2,1H3. The van der Waals surface area contributed by atoms with E-state index >= 15 is 0 Å². The monoisotopic (exact) mass is 243 g/mol. The number of hydrogen-bond donors (Lipinski definition) is 1. The van der Waals surface area contributed by atoms with Gasteiger partial charge in [0.1, 0.15) is 18.1 Å². The first-order valence-corrected chi connectivity index (χ1v) is 5.94. The minimum atomic E-state index is 0.411. The molecular weight excluding hydrogens is 226 g/mol. The summed E-state index contributed by atoms with van der Waals surface area (Å²) in [6.07, 6.45) is 5.67. The van der Waals surface area contributed by atoms with Crippen molar-refractivity contribution >= 4 is 6.08 Å². The molecule has 94 valence electrons. The fraction of sp³-hybridized carbons (Fsp3) is 0.200. The Balaban J connectivity index is 2.05.